The zero-order valence-corrected chi connectivity index (χ0v) is 19.7. The van der Waals surface area contributed by atoms with E-state index in [2.05, 4.69) is 15.5 Å². The number of amides is 2. The second-order valence-electron chi connectivity index (χ2n) is 8.72. The monoisotopic (exact) mass is 496 g/mol. The Morgan fingerprint density at radius 2 is 2.19 bits per heavy atom. The van der Waals surface area contributed by atoms with Gasteiger partial charge in [0.05, 0.1) is 18.2 Å². The van der Waals surface area contributed by atoms with E-state index < -0.39 is 23.4 Å². The quantitative estimate of drug-likeness (QED) is 0.437. The fourth-order valence-corrected chi connectivity index (χ4v) is 4.53. The molecule has 2 aromatic heterocycles. The number of nitriles is 1. The molecule has 36 heavy (non-hydrogen) atoms. The smallest absolute Gasteiger partial charge is 0.254 e. The molecule has 0 radical (unpaired) electrons. The van der Waals surface area contributed by atoms with Crippen molar-refractivity contribution in [3.05, 3.63) is 53.6 Å². The molecule has 0 saturated carbocycles. The molecule has 2 amide bonds. The van der Waals surface area contributed by atoms with Crippen molar-refractivity contribution in [2.45, 2.75) is 44.6 Å². The number of alkyl halides is 1. The number of rotatable bonds is 9. The van der Waals surface area contributed by atoms with Gasteiger partial charge in [-0.05, 0) is 25.5 Å². The first-order valence-electron chi connectivity index (χ1n) is 11.5. The van der Waals surface area contributed by atoms with Gasteiger partial charge in [-0.2, -0.15) is 15.5 Å². The topological polar surface area (TPSA) is 135 Å². The molecule has 1 aliphatic heterocycles. The molecule has 3 aromatic rings. The molecule has 188 valence electrons. The lowest BCUT2D eigenvalue weighted by Crippen LogP contribution is -2.54. The molecule has 2 unspecified atom stereocenters. The van der Waals surface area contributed by atoms with Crippen LogP contribution in [0.3, 0.4) is 0 Å². The summed E-state index contributed by atoms with van der Waals surface area (Å²) in [5, 5.41) is 20.3. The van der Waals surface area contributed by atoms with Gasteiger partial charge in [-0.1, -0.05) is 12.1 Å². The average molecular weight is 497 g/mol. The number of carbonyl (C=O) groups excluding carboxylic acids is 2. The normalized spacial score (nSPS) is 20.1. The lowest BCUT2D eigenvalue weighted by Gasteiger charge is -2.43. The van der Waals surface area contributed by atoms with Crippen molar-refractivity contribution < 1.29 is 18.4 Å². The van der Waals surface area contributed by atoms with E-state index in [4.69, 9.17) is 5.73 Å². The number of piperidine rings is 1. The minimum atomic E-state index is -1.56. The first kappa shape index (κ1) is 25.0. The van der Waals surface area contributed by atoms with Crippen LogP contribution in [0.25, 0.3) is 11.3 Å². The Labute approximate surface area is 206 Å². The molecule has 0 aliphatic carbocycles. The number of likely N-dealkylation sites (tertiary alicyclic amines) is 1. The number of nitrogens with one attached hydrogen (secondary N) is 1. The molecule has 1 aliphatic rings. The minimum Gasteiger partial charge on any atom is -0.365 e. The van der Waals surface area contributed by atoms with Crippen molar-refractivity contribution in [1.82, 2.24) is 24.5 Å². The maximum atomic E-state index is 15.7. The summed E-state index contributed by atoms with van der Waals surface area (Å²) in [6.45, 7) is 3.14. The predicted octanol–water partition coefficient (Wildman–Crippen LogP) is 2.43. The molecule has 1 aromatic carbocycles. The maximum absolute atomic E-state index is 15.7. The molecule has 1 fully saturated rings. The molecular formula is C24H26F2N8O2. The molecule has 2 atom stereocenters. The highest BCUT2D eigenvalue weighted by Crippen LogP contribution is 2.37. The van der Waals surface area contributed by atoms with Crippen molar-refractivity contribution in [3.8, 4) is 17.3 Å². The van der Waals surface area contributed by atoms with Crippen LogP contribution in [0, 0.1) is 17.1 Å². The number of nitrogens with zero attached hydrogens (tertiary/aromatic N) is 6. The number of nitrogens with two attached hydrogens (primary N) is 1. The van der Waals surface area contributed by atoms with E-state index >= 15 is 4.39 Å². The van der Waals surface area contributed by atoms with Crippen molar-refractivity contribution >= 4 is 18.1 Å². The van der Waals surface area contributed by atoms with Crippen molar-refractivity contribution in [2.75, 3.05) is 18.4 Å². The summed E-state index contributed by atoms with van der Waals surface area (Å²) in [5.41, 5.74) is 5.66. The van der Waals surface area contributed by atoms with Crippen LogP contribution in [0.4, 0.5) is 14.6 Å². The summed E-state index contributed by atoms with van der Waals surface area (Å²) in [4.78, 5) is 24.4. The second kappa shape index (κ2) is 10.2. The van der Waals surface area contributed by atoms with Gasteiger partial charge in [0.1, 0.15) is 23.1 Å². The third-order valence-electron chi connectivity index (χ3n) is 6.59. The fraction of sp³-hybridized carbons (Fsp3) is 0.375. The summed E-state index contributed by atoms with van der Waals surface area (Å²) in [6.07, 6.45) is 1.82. The molecule has 0 bridgehead atoms. The number of benzene rings is 1. The largest absolute Gasteiger partial charge is 0.365 e. The Kier molecular flexibility index (Phi) is 7.12. The standard InChI is InChI=1S/C24H26F2N8O2/c1-2-33-9-5-20(30-33)16-3-4-17(19(25)11-16)12-32-10-7-24(6-8-27,21(26)14-32)34-13-18(22(28)36)23(31-34)29-15-35/h3-5,9,11,13,15,21H,2,6-7,10,12,14H2,1H3,(H2,28,36)(H,29,31,35). The maximum Gasteiger partial charge on any atom is 0.254 e. The summed E-state index contributed by atoms with van der Waals surface area (Å²) in [7, 11) is 0. The van der Waals surface area contributed by atoms with Crippen molar-refractivity contribution in [1.29, 1.82) is 5.26 Å². The molecular weight excluding hydrogens is 470 g/mol. The van der Waals surface area contributed by atoms with Crippen LogP contribution in [0.2, 0.25) is 0 Å². The van der Waals surface area contributed by atoms with Crippen LogP contribution in [-0.4, -0.2) is 56.0 Å². The molecule has 4 rings (SSSR count). The zero-order chi connectivity index (χ0) is 25.9. The summed E-state index contributed by atoms with van der Waals surface area (Å²) in [5.74, 6) is -1.35. The van der Waals surface area contributed by atoms with Crippen molar-refractivity contribution in [2.24, 2.45) is 5.73 Å². The molecule has 3 heterocycles. The van der Waals surface area contributed by atoms with E-state index in [1.807, 2.05) is 25.3 Å². The van der Waals surface area contributed by atoms with Gasteiger partial charge in [-0.3, -0.25) is 23.9 Å². The Morgan fingerprint density at radius 3 is 2.81 bits per heavy atom. The summed E-state index contributed by atoms with van der Waals surface area (Å²) >= 11 is 0. The highest BCUT2D eigenvalue weighted by Gasteiger charge is 2.46. The number of hydrogen-bond donors (Lipinski definition) is 2. The number of carbonyl (C=O) groups is 2. The average Bonchev–Trinajstić information content (AvgIpc) is 3.50. The van der Waals surface area contributed by atoms with Crippen LogP contribution in [0.5, 0.6) is 0 Å². The lowest BCUT2D eigenvalue weighted by atomic mass is 9.83. The summed E-state index contributed by atoms with van der Waals surface area (Å²) < 4.78 is 33.6. The van der Waals surface area contributed by atoms with Crippen LogP contribution in [-0.2, 0) is 23.4 Å². The van der Waals surface area contributed by atoms with E-state index in [1.165, 1.54) is 16.9 Å². The summed E-state index contributed by atoms with van der Waals surface area (Å²) in [6, 6.07) is 8.70. The van der Waals surface area contributed by atoms with Crippen molar-refractivity contribution in [3.63, 3.8) is 0 Å². The lowest BCUT2D eigenvalue weighted by molar-refractivity contribution is -0.105. The van der Waals surface area contributed by atoms with Gasteiger partial charge < -0.3 is 11.1 Å². The number of hydrogen-bond acceptors (Lipinski definition) is 6. The molecule has 12 heteroatoms. The Bertz CT molecular complexity index is 1310. The number of aromatic nitrogens is 4. The van der Waals surface area contributed by atoms with E-state index in [0.29, 0.717) is 36.3 Å². The first-order chi connectivity index (χ1) is 17.3. The SMILES string of the molecule is CCn1ccc(-c2ccc(CN3CCC(CC#N)(n4cc(C(N)=O)c(NC=O)n4)C(F)C3)c(F)c2)n1. The third-order valence-corrected chi connectivity index (χ3v) is 6.59. The highest BCUT2D eigenvalue weighted by molar-refractivity contribution is 5.99. The van der Waals surface area contributed by atoms with E-state index in [-0.39, 0.29) is 37.3 Å². The predicted molar refractivity (Wildman–Crippen MR) is 127 cm³/mol. The van der Waals surface area contributed by atoms with Crippen LogP contribution in [0.15, 0.2) is 36.7 Å². The van der Waals surface area contributed by atoms with Gasteiger partial charge in [0.15, 0.2) is 5.82 Å². The van der Waals surface area contributed by atoms with Gasteiger partial charge in [0, 0.05) is 49.7 Å². The highest BCUT2D eigenvalue weighted by atomic mass is 19.1. The molecule has 3 N–H and O–H groups in total. The second-order valence-corrected chi connectivity index (χ2v) is 8.72. The van der Waals surface area contributed by atoms with Crippen LogP contribution >= 0.6 is 0 Å². The molecule has 10 nitrogen and oxygen atoms in total. The number of aryl methyl sites for hydroxylation is 1. The van der Waals surface area contributed by atoms with E-state index in [0.717, 1.165) is 0 Å². The zero-order valence-electron chi connectivity index (χ0n) is 19.7. The number of primary amides is 1. The van der Waals surface area contributed by atoms with Crippen LogP contribution < -0.4 is 11.1 Å². The Balaban J connectivity index is 1.52. The van der Waals surface area contributed by atoms with Gasteiger partial charge in [-0.25, -0.2) is 8.78 Å². The van der Waals surface area contributed by atoms with E-state index in [1.54, 1.807) is 21.7 Å². The first-order valence-corrected chi connectivity index (χ1v) is 11.5. The van der Waals surface area contributed by atoms with Gasteiger partial charge in [0.2, 0.25) is 6.41 Å². The van der Waals surface area contributed by atoms with Crippen LogP contribution in [0.1, 0.15) is 35.7 Å². The number of halogens is 2. The van der Waals surface area contributed by atoms with Gasteiger partial charge in [-0.15, -0.1) is 0 Å². The molecule has 1 saturated heterocycles. The Hall–Kier alpha value is -4.11. The fourth-order valence-electron chi connectivity index (χ4n) is 4.53. The van der Waals surface area contributed by atoms with Gasteiger partial charge >= 0.3 is 0 Å². The Morgan fingerprint density at radius 1 is 1.39 bits per heavy atom. The van der Waals surface area contributed by atoms with Gasteiger partial charge in [0.25, 0.3) is 5.91 Å². The van der Waals surface area contributed by atoms with E-state index in [9.17, 15) is 19.2 Å². The third kappa shape index (κ3) is 4.70. The minimum absolute atomic E-state index is 0.0774. The number of anilines is 1. The molecule has 0 spiro atoms.